The highest BCUT2D eigenvalue weighted by Gasteiger charge is 2.18. The Morgan fingerprint density at radius 1 is 1.62 bits per heavy atom. The van der Waals surface area contributed by atoms with Crippen LogP contribution in [0.3, 0.4) is 0 Å². The van der Waals surface area contributed by atoms with Gasteiger partial charge in [0, 0.05) is 16.1 Å². The molecule has 1 atom stereocenters. The summed E-state index contributed by atoms with van der Waals surface area (Å²) in [5.41, 5.74) is 7.64. The number of phenols is 1. The van der Waals surface area contributed by atoms with Crippen molar-refractivity contribution in [1.82, 2.24) is 0 Å². The van der Waals surface area contributed by atoms with Crippen molar-refractivity contribution in [3.05, 3.63) is 34.3 Å². The van der Waals surface area contributed by atoms with Gasteiger partial charge in [0.25, 0.3) is 0 Å². The van der Waals surface area contributed by atoms with E-state index in [9.17, 15) is 5.11 Å². The zero-order valence-corrected chi connectivity index (χ0v) is 11.0. The van der Waals surface area contributed by atoms with Gasteiger partial charge < -0.3 is 15.6 Å². The molecule has 0 aliphatic heterocycles. The summed E-state index contributed by atoms with van der Waals surface area (Å²) < 4.78 is 5.82. The van der Waals surface area contributed by atoms with Crippen molar-refractivity contribution in [2.45, 2.75) is 19.4 Å². The van der Waals surface area contributed by atoms with Crippen LogP contribution in [0.15, 0.2) is 28.8 Å². The summed E-state index contributed by atoms with van der Waals surface area (Å²) in [5.74, 6) is 0.515. The summed E-state index contributed by atoms with van der Waals surface area (Å²) >= 11 is 3.38. The number of rotatable bonds is 4. The van der Waals surface area contributed by atoms with E-state index in [2.05, 4.69) is 22.5 Å². The molecule has 1 rings (SSSR count). The number of nitrogens with two attached hydrogens (primary N) is 1. The maximum Gasteiger partial charge on any atom is 0.163 e. The number of aromatic hydroxyl groups is 1. The van der Waals surface area contributed by atoms with Crippen LogP contribution in [0.5, 0.6) is 11.5 Å². The van der Waals surface area contributed by atoms with E-state index in [4.69, 9.17) is 10.5 Å². The van der Waals surface area contributed by atoms with Crippen molar-refractivity contribution in [2.24, 2.45) is 5.73 Å². The Morgan fingerprint density at radius 3 is 2.75 bits per heavy atom. The minimum Gasteiger partial charge on any atom is -0.504 e. The summed E-state index contributed by atoms with van der Waals surface area (Å²) in [5, 5.41) is 9.99. The second-order valence-corrected chi connectivity index (χ2v) is 4.63. The van der Waals surface area contributed by atoms with E-state index in [1.54, 1.807) is 6.07 Å². The number of methoxy groups -OCH3 is 1. The predicted molar refractivity (Wildman–Crippen MR) is 68.7 cm³/mol. The van der Waals surface area contributed by atoms with Crippen molar-refractivity contribution in [2.75, 3.05) is 7.11 Å². The van der Waals surface area contributed by atoms with Crippen molar-refractivity contribution < 1.29 is 9.84 Å². The molecule has 1 aromatic rings. The van der Waals surface area contributed by atoms with Gasteiger partial charge in [-0.15, -0.1) is 6.58 Å². The van der Waals surface area contributed by atoms with Crippen LogP contribution in [0.2, 0.25) is 0 Å². The first-order valence-corrected chi connectivity index (χ1v) is 5.72. The summed E-state index contributed by atoms with van der Waals surface area (Å²) in [7, 11) is 1.51. The van der Waals surface area contributed by atoms with E-state index < -0.39 is 0 Å². The van der Waals surface area contributed by atoms with E-state index in [-0.39, 0.29) is 11.8 Å². The largest absolute Gasteiger partial charge is 0.504 e. The van der Waals surface area contributed by atoms with Gasteiger partial charge in [0.15, 0.2) is 11.5 Å². The van der Waals surface area contributed by atoms with Gasteiger partial charge in [-0.2, -0.15) is 0 Å². The highest BCUT2D eigenvalue weighted by atomic mass is 79.9. The molecule has 16 heavy (non-hydrogen) atoms. The van der Waals surface area contributed by atoms with Crippen LogP contribution in [0.1, 0.15) is 24.9 Å². The van der Waals surface area contributed by atoms with Gasteiger partial charge in [0.2, 0.25) is 0 Å². The van der Waals surface area contributed by atoms with Gasteiger partial charge >= 0.3 is 0 Å². The Morgan fingerprint density at radius 2 is 2.25 bits per heavy atom. The van der Waals surface area contributed by atoms with Crippen LogP contribution in [0, 0.1) is 0 Å². The first kappa shape index (κ1) is 13.1. The van der Waals surface area contributed by atoms with Gasteiger partial charge in [0.1, 0.15) is 0 Å². The molecule has 88 valence electrons. The number of ether oxygens (including phenoxy) is 1. The number of halogens is 1. The monoisotopic (exact) mass is 285 g/mol. The molecular formula is C12H16BrNO2. The fourth-order valence-electron chi connectivity index (χ4n) is 1.56. The number of hydrogen-bond donors (Lipinski definition) is 2. The third kappa shape index (κ3) is 2.77. The minimum absolute atomic E-state index is 0.0885. The van der Waals surface area contributed by atoms with E-state index >= 15 is 0 Å². The molecule has 4 heteroatoms. The van der Waals surface area contributed by atoms with Gasteiger partial charge in [-0.25, -0.2) is 0 Å². The van der Waals surface area contributed by atoms with E-state index in [1.807, 2.05) is 13.0 Å². The maximum atomic E-state index is 9.99. The summed E-state index contributed by atoms with van der Waals surface area (Å²) in [6.45, 7) is 5.72. The maximum absolute atomic E-state index is 9.99. The standard InChI is InChI=1S/C12H16BrNO2/c1-7(2)6-9(14)11-8(13)4-5-10(16-3)12(11)15/h4-5,9,15H,1,6,14H2,2-3H3/t9-/m1/s1. The zero-order valence-electron chi connectivity index (χ0n) is 9.46. The molecule has 3 N–H and O–H groups in total. The van der Waals surface area contributed by atoms with Crippen molar-refractivity contribution in [1.29, 1.82) is 0 Å². The van der Waals surface area contributed by atoms with Gasteiger partial charge in [-0.05, 0) is 25.5 Å². The number of benzene rings is 1. The molecule has 0 bridgehead atoms. The van der Waals surface area contributed by atoms with Crippen molar-refractivity contribution in [3.63, 3.8) is 0 Å². The minimum atomic E-state index is -0.290. The lowest BCUT2D eigenvalue weighted by Gasteiger charge is -2.17. The second-order valence-electron chi connectivity index (χ2n) is 3.78. The van der Waals surface area contributed by atoms with E-state index in [0.717, 1.165) is 10.0 Å². The fourth-order valence-corrected chi connectivity index (χ4v) is 2.17. The Bertz CT molecular complexity index is 404. The Hall–Kier alpha value is -1.00. The highest BCUT2D eigenvalue weighted by Crippen LogP contribution is 2.39. The van der Waals surface area contributed by atoms with Crippen LogP contribution in [-0.2, 0) is 0 Å². The van der Waals surface area contributed by atoms with Crippen LogP contribution < -0.4 is 10.5 Å². The molecule has 3 nitrogen and oxygen atoms in total. The highest BCUT2D eigenvalue weighted by molar-refractivity contribution is 9.10. The van der Waals surface area contributed by atoms with Gasteiger partial charge in [0.05, 0.1) is 7.11 Å². The predicted octanol–water partition coefficient (Wildman–Crippen LogP) is 3.13. The Kier molecular flexibility index (Phi) is 4.38. The van der Waals surface area contributed by atoms with Crippen LogP contribution in [0.4, 0.5) is 0 Å². The quantitative estimate of drug-likeness (QED) is 0.836. The third-order valence-corrected chi connectivity index (χ3v) is 2.98. The summed E-state index contributed by atoms with van der Waals surface area (Å²) in [6.07, 6.45) is 0.624. The zero-order chi connectivity index (χ0) is 12.3. The van der Waals surface area contributed by atoms with Crippen LogP contribution in [0.25, 0.3) is 0 Å². The molecule has 0 unspecified atom stereocenters. The normalized spacial score (nSPS) is 12.2. The molecule has 0 aliphatic rings. The van der Waals surface area contributed by atoms with Crippen LogP contribution >= 0.6 is 15.9 Å². The van der Waals surface area contributed by atoms with Crippen molar-refractivity contribution in [3.8, 4) is 11.5 Å². The molecule has 0 amide bonds. The number of hydrogen-bond acceptors (Lipinski definition) is 3. The molecule has 0 aliphatic carbocycles. The Labute approximate surface area is 104 Å². The SMILES string of the molecule is C=C(C)C[C@@H](N)c1c(Br)ccc(OC)c1O. The molecule has 0 saturated carbocycles. The molecule has 0 saturated heterocycles. The average Bonchev–Trinajstić information content (AvgIpc) is 2.16. The first-order chi connectivity index (χ1) is 7.47. The van der Waals surface area contributed by atoms with Crippen LogP contribution in [-0.4, -0.2) is 12.2 Å². The van der Waals surface area contributed by atoms with Crippen molar-refractivity contribution >= 4 is 15.9 Å². The topological polar surface area (TPSA) is 55.5 Å². The lowest BCUT2D eigenvalue weighted by Crippen LogP contribution is -2.11. The molecule has 0 spiro atoms. The average molecular weight is 286 g/mol. The molecular weight excluding hydrogens is 270 g/mol. The Balaban J connectivity index is 3.15. The van der Waals surface area contributed by atoms with Gasteiger partial charge in [-0.3, -0.25) is 0 Å². The second kappa shape index (κ2) is 5.37. The summed E-state index contributed by atoms with van der Waals surface area (Å²) in [6, 6.07) is 3.21. The first-order valence-electron chi connectivity index (χ1n) is 4.92. The lowest BCUT2D eigenvalue weighted by molar-refractivity contribution is 0.368. The molecule has 0 radical (unpaired) electrons. The van der Waals surface area contributed by atoms with E-state index in [1.165, 1.54) is 7.11 Å². The van der Waals surface area contributed by atoms with E-state index in [0.29, 0.717) is 17.7 Å². The molecule has 1 aromatic carbocycles. The smallest absolute Gasteiger partial charge is 0.163 e. The fraction of sp³-hybridized carbons (Fsp3) is 0.333. The lowest BCUT2D eigenvalue weighted by atomic mass is 10.00. The molecule has 0 aromatic heterocycles. The third-order valence-electron chi connectivity index (χ3n) is 2.29. The molecule has 0 fully saturated rings. The number of phenolic OH excluding ortho intramolecular Hbond substituents is 1. The summed E-state index contributed by atoms with van der Waals surface area (Å²) in [4.78, 5) is 0. The van der Waals surface area contributed by atoms with Gasteiger partial charge in [-0.1, -0.05) is 21.5 Å². The molecule has 0 heterocycles.